The van der Waals surface area contributed by atoms with E-state index in [1.54, 1.807) is 21.5 Å². The van der Waals surface area contributed by atoms with E-state index in [1.807, 2.05) is 0 Å². The molecule has 0 fully saturated rings. The Labute approximate surface area is 112 Å². The Morgan fingerprint density at radius 1 is 0.750 bits per heavy atom. The molecule has 0 aromatic carbocycles. The highest BCUT2D eigenvalue weighted by Gasteiger charge is 2.11. The standard InChI is InChI=1S/C8H14N4O8/c13-1-3-19-7(17)9-5(15)11-12-6(16)10-8(18)20-4-2-14/h13-14H,1-4H2,(H2,9,11,15,17)(H2,10,12,16,18). The highest BCUT2D eigenvalue weighted by molar-refractivity contribution is 5.94. The highest BCUT2D eigenvalue weighted by Crippen LogP contribution is 1.78. The summed E-state index contributed by atoms with van der Waals surface area (Å²) in [7, 11) is 0. The van der Waals surface area contributed by atoms with Crippen LogP contribution in [0.2, 0.25) is 0 Å². The lowest BCUT2D eigenvalue weighted by Gasteiger charge is -2.09. The Hall–Kier alpha value is -2.60. The number of hydrogen-bond acceptors (Lipinski definition) is 8. The number of carbonyl (C=O) groups is 4. The predicted molar refractivity (Wildman–Crippen MR) is 60.2 cm³/mol. The van der Waals surface area contributed by atoms with E-state index in [1.165, 1.54) is 0 Å². The molecule has 20 heavy (non-hydrogen) atoms. The molecule has 0 aromatic heterocycles. The number of ether oxygens (including phenoxy) is 2. The molecule has 6 N–H and O–H groups in total. The van der Waals surface area contributed by atoms with Crippen molar-refractivity contribution >= 4 is 24.2 Å². The van der Waals surface area contributed by atoms with Crippen molar-refractivity contribution in [1.82, 2.24) is 21.5 Å². The number of nitrogens with one attached hydrogen (secondary N) is 4. The molecule has 0 aromatic rings. The SMILES string of the molecule is O=C(NNC(=O)NC(=O)OCCO)NC(=O)OCCO. The molecule has 0 spiro atoms. The molecule has 0 bridgehead atoms. The van der Waals surface area contributed by atoms with Gasteiger partial charge in [-0.1, -0.05) is 0 Å². The summed E-state index contributed by atoms with van der Waals surface area (Å²) in [5, 5.41) is 20.0. The molecule has 12 nitrogen and oxygen atoms in total. The molecule has 0 saturated carbocycles. The van der Waals surface area contributed by atoms with Gasteiger partial charge in [0, 0.05) is 0 Å². The third-order valence-electron chi connectivity index (χ3n) is 1.37. The van der Waals surface area contributed by atoms with Crippen LogP contribution in [0.3, 0.4) is 0 Å². The average Bonchev–Trinajstić information content (AvgIpc) is 2.40. The average molecular weight is 294 g/mol. The fourth-order valence-corrected chi connectivity index (χ4v) is 0.710. The summed E-state index contributed by atoms with van der Waals surface area (Å²) in [6, 6.07) is -2.27. The number of alkyl carbamates (subject to hydrolysis) is 2. The molecule has 6 amide bonds. The first-order chi connectivity index (χ1) is 9.49. The minimum Gasteiger partial charge on any atom is -0.447 e. The number of rotatable bonds is 4. The Bertz CT molecular complexity index is 326. The lowest BCUT2D eigenvalue weighted by molar-refractivity contribution is 0.118. The molecule has 0 rings (SSSR count). The van der Waals surface area contributed by atoms with Gasteiger partial charge in [-0.2, -0.15) is 0 Å². The second-order valence-corrected chi connectivity index (χ2v) is 2.88. The van der Waals surface area contributed by atoms with E-state index in [2.05, 4.69) is 9.47 Å². The minimum absolute atomic E-state index is 0.302. The summed E-state index contributed by atoms with van der Waals surface area (Å²) in [4.78, 5) is 43.6. The van der Waals surface area contributed by atoms with Gasteiger partial charge in [0.25, 0.3) is 0 Å². The number of imide groups is 2. The van der Waals surface area contributed by atoms with E-state index in [0.29, 0.717) is 0 Å². The summed E-state index contributed by atoms with van der Waals surface area (Å²) < 4.78 is 8.58. The number of hydrazine groups is 1. The molecule has 0 aliphatic rings. The lowest BCUT2D eigenvalue weighted by Crippen LogP contribution is -2.52. The largest absolute Gasteiger partial charge is 0.447 e. The van der Waals surface area contributed by atoms with Gasteiger partial charge in [0.05, 0.1) is 13.2 Å². The molecule has 12 heteroatoms. The fourth-order valence-electron chi connectivity index (χ4n) is 0.710. The third kappa shape index (κ3) is 9.43. The van der Waals surface area contributed by atoms with Gasteiger partial charge < -0.3 is 19.7 Å². The normalized spacial score (nSPS) is 9.10. The summed E-state index contributed by atoms with van der Waals surface area (Å²) >= 11 is 0. The summed E-state index contributed by atoms with van der Waals surface area (Å²) in [5.41, 5.74) is 3.44. The Morgan fingerprint density at radius 3 is 1.40 bits per heavy atom. The van der Waals surface area contributed by atoms with Crippen LogP contribution in [0.4, 0.5) is 19.2 Å². The first-order valence-corrected chi connectivity index (χ1v) is 5.18. The second-order valence-electron chi connectivity index (χ2n) is 2.88. The van der Waals surface area contributed by atoms with E-state index >= 15 is 0 Å². The fraction of sp³-hybridized carbons (Fsp3) is 0.500. The van der Waals surface area contributed by atoms with Crippen LogP contribution in [-0.2, 0) is 9.47 Å². The maximum absolute atomic E-state index is 11.0. The maximum Gasteiger partial charge on any atom is 0.415 e. The molecular formula is C8H14N4O8. The molecule has 0 heterocycles. The van der Waals surface area contributed by atoms with Crippen LogP contribution in [0.1, 0.15) is 0 Å². The van der Waals surface area contributed by atoms with Gasteiger partial charge in [0.2, 0.25) is 0 Å². The molecule has 114 valence electrons. The van der Waals surface area contributed by atoms with Crippen LogP contribution in [0, 0.1) is 0 Å². The Balaban J connectivity index is 3.80. The quantitative estimate of drug-likeness (QED) is 0.315. The highest BCUT2D eigenvalue weighted by atomic mass is 16.6. The first kappa shape index (κ1) is 17.4. The van der Waals surface area contributed by atoms with Gasteiger partial charge >= 0.3 is 24.2 Å². The Morgan fingerprint density at radius 2 is 1.10 bits per heavy atom. The van der Waals surface area contributed by atoms with Crippen LogP contribution in [0.5, 0.6) is 0 Å². The van der Waals surface area contributed by atoms with E-state index in [9.17, 15) is 19.2 Å². The minimum atomic E-state index is -1.14. The predicted octanol–water partition coefficient (Wildman–Crippen LogP) is -2.24. The molecular weight excluding hydrogens is 280 g/mol. The van der Waals surface area contributed by atoms with Crippen molar-refractivity contribution in [3.8, 4) is 0 Å². The van der Waals surface area contributed by atoms with Crippen LogP contribution in [-0.4, -0.2) is 60.9 Å². The molecule has 0 radical (unpaired) electrons. The second kappa shape index (κ2) is 10.3. The first-order valence-electron chi connectivity index (χ1n) is 5.18. The van der Waals surface area contributed by atoms with E-state index in [4.69, 9.17) is 10.2 Å². The molecule has 0 aliphatic carbocycles. The van der Waals surface area contributed by atoms with Crippen LogP contribution in [0.25, 0.3) is 0 Å². The van der Waals surface area contributed by atoms with Crippen molar-refractivity contribution in [3.05, 3.63) is 0 Å². The van der Waals surface area contributed by atoms with Crippen molar-refractivity contribution in [1.29, 1.82) is 0 Å². The number of amides is 6. The van der Waals surface area contributed by atoms with Crippen LogP contribution < -0.4 is 21.5 Å². The molecule has 0 aliphatic heterocycles. The Kier molecular flexibility index (Phi) is 8.99. The molecule has 0 atom stereocenters. The van der Waals surface area contributed by atoms with Crippen LogP contribution >= 0.6 is 0 Å². The van der Waals surface area contributed by atoms with Crippen molar-refractivity contribution in [2.24, 2.45) is 0 Å². The van der Waals surface area contributed by atoms with E-state index in [0.717, 1.165) is 0 Å². The van der Waals surface area contributed by atoms with Crippen molar-refractivity contribution in [2.75, 3.05) is 26.4 Å². The number of carbonyl (C=O) groups excluding carboxylic acids is 4. The van der Waals surface area contributed by atoms with Gasteiger partial charge in [0.1, 0.15) is 13.2 Å². The number of aliphatic hydroxyl groups is 2. The lowest BCUT2D eigenvalue weighted by atomic mass is 10.8. The maximum atomic E-state index is 11.0. The monoisotopic (exact) mass is 294 g/mol. The van der Waals surface area contributed by atoms with Crippen molar-refractivity contribution in [2.45, 2.75) is 0 Å². The topological polar surface area (TPSA) is 175 Å². The molecule has 0 unspecified atom stereocenters. The van der Waals surface area contributed by atoms with Gasteiger partial charge in [-0.15, -0.1) is 0 Å². The van der Waals surface area contributed by atoms with Gasteiger partial charge in [-0.05, 0) is 0 Å². The number of urea groups is 2. The molecule has 0 saturated heterocycles. The van der Waals surface area contributed by atoms with Crippen molar-refractivity contribution in [3.63, 3.8) is 0 Å². The summed E-state index contributed by atoms with van der Waals surface area (Å²) in [6.07, 6.45) is -2.28. The third-order valence-corrected chi connectivity index (χ3v) is 1.37. The zero-order chi connectivity index (χ0) is 15.4. The van der Waals surface area contributed by atoms with E-state index < -0.39 is 37.5 Å². The zero-order valence-corrected chi connectivity index (χ0v) is 10.2. The van der Waals surface area contributed by atoms with Gasteiger partial charge in [-0.25, -0.2) is 40.7 Å². The summed E-state index contributed by atoms with van der Waals surface area (Å²) in [5.74, 6) is 0. The van der Waals surface area contributed by atoms with E-state index in [-0.39, 0.29) is 13.2 Å². The zero-order valence-electron chi connectivity index (χ0n) is 10.2. The van der Waals surface area contributed by atoms with Crippen molar-refractivity contribution < 1.29 is 38.9 Å². The van der Waals surface area contributed by atoms with Gasteiger partial charge in [0.15, 0.2) is 0 Å². The number of aliphatic hydroxyl groups excluding tert-OH is 2. The summed E-state index contributed by atoms with van der Waals surface area (Å²) in [6.45, 7) is -1.43. The smallest absolute Gasteiger partial charge is 0.415 e. The van der Waals surface area contributed by atoms with Crippen LogP contribution in [0.15, 0.2) is 0 Å². The number of hydrogen-bond donors (Lipinski definition) is 6. The van der Waals surface area contributed by atoms with Gasteiger partial charge in [-0.3, -0.25) is 0 Å².